The van der Waals surface area contributed by atoms with Gasteiger partial charge in [0.1, 0.15) is 22.8 Å². The van der Waals surface area contributed by atoms with Crippen LogP contribution in [0.4, 0.5) is 15.9 Å². The summed E-state index contributed by atoms with van der Waals surface area (Å²) in [5, 5.41) is 1.05. The fraction of sp³-hybridized carbons (Fsp3) is 0.333. The first kappa shape index (κ1) is 19.0. The summed E-state index contributed by atoms with van der Waals surface area (Å²) in [6, 6.07) is 6.12. The quantitative estimate of drug-likeness (QED) is 0.697. The van der Waals surface area contributed by atoms with Crippen molar-refractivity contribution in [2.45, 2.75) is 11.8 Å². The Morgan fingerprint density at radius 1 is 1.11 bits per heavy atom. The van der Waals surface area contributed by atoms with Crippen LogP contribution in [0.25, 0.3) is 10.2 Å². The smallest absolute Gasteiger partial charge is 0.240 e. The van der Waals surface area contributed by atoms with Gasteiger partial charge in [0.2, 0.25) is 10.0 Å². The molecule has 148 valence electrons. The Morgan fingerprint density at radius 2 is 1.82 bits per heavy atom. The van der Waals surface area contributed by atoms with Crippen molar-refractivity contribution in [1.29, 1.82) is 0 Å². The SMILES string of the molecule is CNS(=O)(=O)c1ccc(N2CCN(c3ncnc4sc(C)cc34)CC2)c(F)c1. The average Bonchev–Trinajstić information content (AvgIpc) is 3.08. The number of sulfonamides is 1. The normalized spacial score (nSPS) is 15.4. The van der Waals surface area contributed by atoms with Gasteiger partial charge in [0.15, 0.2) is 0 Å². The van der Waals surface area contributed by atoms with E-state index in [1.165, 1.54) is 24.1 Å². The molecule has 0 amide bonds. The van der Waals surface area contributed by atoms with Crippen LogP contribution in [0.5, 0.6) is 0 Å². The summed E-state index contributed by atoms with van der Waals surface area (Å²) in [6.45, 7) is 4.66. The van der Waals surface area contributed by atoms with Gasteiger partial charge >= 0.3 is 0 Å². The highest BCUT2D eigenvalue weighted by Crippen LogP contribution is 2.31. The second-order valence-electron chi connectivity index (χ2n) is 6.57. The highest BCUT2D eigenvalue weighted by atomic mass is 32.2. The summed E-state index contributed by atoms with van der Waals surface area (Å²) in [6.07, 6.45) is 1.58. The van der Waals surface area contributed by atoms with E-state index >= 15 is 0 Å². The van der Waals surface area contributed by atoms with Gasteiger partial charge in [-0.3, -0.25) is 0 Å². The number of hydrogen-bond acceptors (Lipinski definition) is 7. The van der Waals surface area contributed by atoms with Crippen LogP contribution in [-0.2, 0) is 10.0 Å². The lowest BCUT2D eigenvalue weighted by molar-refractivity contribution is 0.579. The molecule has 28 heavy (non-hydrogen) atoms. The number of aromatic nitrogens is 2. The van der Waals surface area contributed by atoms with Gasteiger partial charge in [0.25, 0.3) is 0 Å². The first-order valence-corrected chi connectivity index (χ1v) is 11.1. The van der Waals surface area contributed by atoms with Crippen molar-refractivity contribution in [3.05, 3.63) is 41.3 Å². The molecule has 0 bridgehead atoms. The van der Waals surface area contributed by atoms with E-state index in [0.29, 0.717) is 31.9 Å². The second kappa shape index (κ2) is 7.26. The molecule has 0 atom stereocenters. The van der Waals surface area contributed by atoms with Crippen molar-refractivity contribution in [1.82, 2.24) is 14.7 Å². The Morgan fingerprint density at radius 3 is 2.50 bits per heavy atom. The standard InChI is InChI=1S/C18H20FN5O2S2/c1-12-9-14-17(21-11-22-18(14)27-12)24-7-5-23(6-8-24)16-4-3-13(10-15(16)19)28(25,26)20-2/h3-4,9-11,20H,5-8H2,1-2H3. The summed E-state index contributed by atoms with van der Waals surface area (Å²) in [5.41, 5.74) is 0.411. The van der Waals surface area contributed by atoms with E-state index in [2.05, 4.69) is 32.6 Å². The van der Waals surface area contributed by atoms with Gasteiger partial charge in [0, 0.05) is 31.1 Å². The summed E-state index contributed by atoms with van der Waals surface area (Å²) >= 11 is 1.64. The first-order valence-electron chi connectivity index (χ1n) is 8.83. The number of thiophene rings is 1. The van der Waals surface area contributed by atoms with Crippen molar-refractivity contribution in [3.8, 4) is 0 Å². The van der Waals surface area contributed by atoms with Gasteiger partial charge in [0.05, 0.1) is 16.0 Å². The van der Waals surface area contributed by atoms with Crippen molar-refractivity contribution < 1.29 is 12.8 Å². The number of nitrogens with one attached hydrogen (secondary N) is 1. The third-order valence-corrected chi connectivity index (χ3v) is 7.22. The van der Waals surface area contributed by atoms with Gasteiger partial charge in [-0.05, 0) is 38.2 Å². The monoisotopic (exact) mass is 421 g/mol. The minimum absolute atomic E-state index is 0.0777. The van der Waals surface area contributed by atoms with Crippen LogP contribution in [0.15, 0.2) is 35.5 Å². The fourth-order valence-electron chi connectivity index (χ4n) is 3.40. The molecule has 10 heteroatoms. The zero-order valence-corrected chi connectivity index (χ0v) is 17.1. The number of halogens is 1. The van der Waals surface area contributed by atoms with Crippen LogP contribution >= 0.6 is 11.3 Å². The molecule has 1 N–H and O–H groups in total. The zero-order valence-electron chi connectivity index (χ0n) is 15.5. The highest BCUT2D eigenvalue weighted by Gasteiger charge is 2.23. The van der Waals surface area contributed by atoms with Crippen LogP contribution in [-0.4, -0.2) is 51.6 Å². The molecule has 3 heterocycles. The topological polar surface area (TPSA) is 78.4 Å². The Kier molecular flexibility index (Phi) is 4.94. The van der Waals surface area contributed by atoms with Crippen molar-refractivity contribution in [2.75, 3.05) is 43.0 Å². The summed E-state index contributed by atoms with van der Waals surface area (Å²) in [7, 11) is -2.36. The molecular weight excluding hydrogens is 401 g/mol. The maximum Gasteiger partial charge on any atom is 0.240 e. The fourth-order valence-corrected chi connectivity index (χ4v) is 4.99. The Hall–Kier alpha value is -2.30. The number of fused-ring (bicyclic) bond motifs is 1. The molecule has 0 saturated carbocycles. The molecule has 0 unspecified atom stereocenters. The number of piperazine rings is 1. The largest absolute Gasteiger partial charge is 0.366 e. The Bertz CT molecular complexity index is 1120. The van der Waals surface area contributed by atoms with Gasteiger partial charge < -0.3 is 9.80 Å². The molecule has 3 aromatic rings. The Balaban J connectivity index is 1.53. The lowest BCUT2D eigenvalue weighted by Gasteiger charge is -2.37. The molecule has 4 rings (SSSR count). The van der Waals surface area contributed by atoms with Gasteiger partial charge in [-0.1, -0.05) is 0 Å². The van der Waals surface area contributed by atoms with E-state index in [0.717, 1.165) is 22.1 Å². The van der Waals surface area contributed by atoms with E-state index in [4.69, 9.17) is 0 Å². The van der Waals surface area contributed by atoms with Crippen LogP contribution < -0.4 is 14.5 Å². The van der Waals surface area contributed by atoms with Crippen LogP contribution in [0.2, 0.25) is 0 Å². The molecule has 1 aliphatic rings. The van der Waals surface area contributed by atoms with E-state index in [1.807, 2.05) is 4.90 Å². The lowest BCUT2D eigenvalue weighted by atomic mass is 10.2. The predicted octanol–water partition coefficient (Wildman–Crippen LogP) is 2.37. The number of nitrogens with zero attached hydrogens (tertiary/aromatic N) is 4. The molecule has 0 spiro atoms. The molecule has 0 radical (unpaired) electrons. The number of aryl methyl sites for hydroxylation is 1. The van der Waals surface area contributed by atoms with E-state index in [9.17, 15) is 12.8 Å². The second-order valence-corrected chi connectivity index (χ2v) is 9.69. The summed E-state index contributed by atoms with van der Waals surface area (Å²) in [5.74, 6) is 0.368. The van der Waals surface area contributed by atoms with Crippen molar-refractivity contribution in [3.63, 3.8) is 0 Å². The van der Waals surface area contributed by atoms with Crippen molar-refractivity contribution >= 4 is 43.1 Å². The molecule has 7 nitrogen and oxygen atoms in total. The third kappa shape index (κ3) is 3.43. The van der Waals surface area contributed by atoms with Crippen LogP contribution in [0.1, 0.15) is 4.88 Å². The molecule has 1 saturated heterocycles. The first-order chi connectivity index (χ1) is 13.4. The zero-order chi connectivity index (χ0) is 19.9. The molecule has 0 aliphatic carbocycles. The Labute approximate surface area is 166 Å². The number of benzene rings is 1. The number of hydrogen-bond donors (Lipinski definition) is 1. The molecule has 1 aliphatic heterocycles. The van der Waals surface area contributed by atoms with Crippen LogP contribution in [0, 0.1) is 12.7 Å². The highest BCUT2D eigenvalue weighted by molar-refractivity contribution is 7.89. The van der Waals surface area contributed by atoms with Gasteiger partial charge in [-0.15, -0.1) is 11.3 Å². The molecule has 1 aromatic carbocycles. The van der Waals surface area contributed by atoms with Crippen molar-refractivity contribution in [2.24, 2.45) is 0 Å². The van der Waals surface area contributed by atoms with Gasteiger partial charge in [-0.25, -0.2) is 27.5 Å². The van der Waals surface area contributed by atoms with E-state index in [1.54, 1.807) is 17.7 Å². The molecular formula is C18H20FN5O2S2. The number of rotatable bonds is 4. The summed E-state index contributed by atoms with van der Waals surface area (Å²) in [4.78, 5) is 15.0. The van der Waals surface area contributed by atoms with E-state index in [-0.39, 0.29) is 4.90 Å². The minimum Gasteiger partial charge on any atom is -0.366 e. The maximum atomic E-state index is 14.6. The maximum absolute atomic E-state index is 14.6. The number of anilines is 2. The summed E-state index contributed by atoms with van der Waals surface area (Å²) < 4.78 is 40.4. The molecule has 2 aromatic heterocycles. The van der Waals surface area contributed by atoms with E-state index < -0.39 is 15.8 Å². The van der Waals surface area contributed by atoms with Crippen LogP contribution in [0.3, 0.4) is 0 Å². The lowest BCUT2D eigenvalue weighted by Crippen LogP contribution is -2.47. The third-order valence-electron chi connectivity index (χ3n) is 4.85. The minimum atomic E-state index is -3.66. The van der Waals surface area contributed by atoms with Gasteiger partial charge in [-0.2, -0.15) is 0 Å². The average molecular weight is 422 g/mol. The predicted molar refractivity (Wildman–Crippen MR) is 109 cm³/mol. The molecule has 1 fully saturated rings.